The molecule has 0 fully saturated rings. The Morgan fingerprint density at radius 3 is 2.03 bits per heavy atom. The van der Waals surface area contributed by atoms with Crippen LogP contribution in [0, 0.1) is 0 Å². The van der Waals surface area contributed by atoms with Gasteiger partial charge in [-0.1, -0.05) is 66.2 Å². The van der Waals surface area contributed by atoms with Crippen LogP contribution in [0.5, 0.6) is 5.75 Å². The predicted molar refractivity (Wildman–Crippen MR) is 137 cm³/mol. The molecule has 0 radical (unpaired) electrons. The van der Waals surface area contributed by atoms with Gasteiger partial charge in [-0.3, -0.25) is 9.59 Å². The molecular formula is C28H23ClN2O3. The number of anilines is 2. The highest BCUT2D eigenvalue weighted by atomic mass is 35.5. The number of halogens is 1. The van der Waals surface area contributed by atoms with Crippen molar-refractivity contribution in [3.8, 4) is 16.9 Å². The number of hydrogen-bond donors (Lipinski definition) is 2. The summed E-state index contributed by atoms with van der Waals surface area (Å²) in [6.45, 7) is 2.36. The number of carbonyl (C=O) groups excluding carboxylic acids is 2. The standard InChI is InChI=1S/C28H23ClN2O3/c1-2-34-26-11-7-6-10-24(26)30-28(33)22-16-17-23(29)25(18-22)31-27(32)21-14-12-20(13-15-21)19-8-4-3-5-9-19/h3-18H,2H2,1H3,(H,30,33)(H,31,32). The first-order chi connectivity index (χ1) is 16.5. The summed E-state index contributed by atoms with van der Waals surface area (Å²) in [6, 6.07) is 29.2. The maximum Gasteiger partial charge on any atom is 0.255 e. The molecule has 0 spiro atoms. The van der Waals surface area contributed by atoms with Crippen molar-refractivity contribution >= 4 is 34.8 Å². The van der Waals surface area contributed by atoms with Crippen molar-refractivity contribution in [3.63, 3.8) is 0 Å². The highest BCUT2D eigenvalue weighted by Crippen LogP contribution is 2.27. The van der Waals surface area contributed by atoms with Gasteiger partial charge in [0.25, 0.3) is 11.8 Å². The molecule has 0 aliphatic heterocycles. The minimum Gasteiger partial charge on any atom is -0.492 e. The Hall–Kier alpha value is -4.09. The molecule has 2 amide bonds. The molecule has 0 aliphatic carbocycles. The van der Waals surface area contributed by atoms with Crippen LogP contribution in [0.4, 0.5) is 11.4 Å². The van der Waals surface area contributed by atoms with E-state index in [9.17, 15) is 9.59 Å². The van der Waals surface area contributed by atoms with Crippen LogP contribution in [0.15, 0.2) is 97.1 Å². The molecule has 0 saturated carbocycles. The third kappa shape index (κ3) is 5.45. The number of benzene rings is 4. The van der Waals surface area contributed by atoms with Crippen molar-refractivity contribution in [2.45, 2.75) is 6.92 Å². The summed E-state index contributed by atoms with van der Waals surface area (Å²) in [6.07, 6.45) is 0. The molecule has 4 rings (SSSR count). The van der Waals surface area contributed by atoms with Crippen LogP contribution < -0.4 is 15.4 Å². The molecule has 0 bridgehead atoms. The van der Waals surface area contributed by atoms with Gasteiger partial charge in [0, 0.05) is 11.1 Å². The van der Waals surface area contributed by atoms with Crippen molar-refractivity contribution in [2.24, 2.45) is 0 Å². The Morgan fingerprint density at radius 1 is 0.706 bits per heavy atom. The highest BCUT2D eigenvalue weighted by molar-refractivity contribution is 6.34. The van der Waals surface area contributed by atoms with E-state index < -0.39 is 0 Å². The number of rotatable bonds is 7. The summed E-state index contributed by atoms with van der Waals surface area (Å²) in [4.78, 5) is 25.7. The lowest BCUT2D eigenvalue weighted by atomic mass is 10.0. The first-order valence-corrected chi connectivity index (χ1v) is 11.2. The summed E-state index contributed by atoms with van der Waals surface area (Å²) in [5.74, 6) is -0.0768. The van der Waals surface area contributed by atoms with E-state index in [-0.39, 0.29) is 11.8 Å². The largest absolute Gasteiger partial charge is 0.492 e. The van der Waals surface area contributed by atoms with Crippen LogP contribution in [0.3, 0.4) is 0 Å². The first kappa shape index (κ1) is 23.1. The van der Waals surface area contributed by atoms with Gasteiger partial charge in [0.1, 0.15) is 5.75 Å². The van der Waals surface area contributed by atoms with E-state index in [0.29, 0.717) is 39.9 Å². The topological polar surface area (TPSA) is 67.4 Å². The fourth-order valence-electron chi connectivity index (χ4n) is 3.45. The average molecular weight is 471 g/mol. The zero-order valence-corrected chi connectivity index (χ0v) is 19.3. The molecule has 6 heteroatoms. The second-order valence-corrected chi connectivity index (χ2v) is 7.88. The van der Waals surface area contributed by atoms with E-state index in [1.54, 1.807) is 42.5 Å². The predicted octanol–water partition coefficient (Wildman–Crippen LogP) is 6.91. The van der Waals surface area contributed by atoms with E-state index in [0.717, 1.165) is 11.1 Å². The monoisotopic (exact) mass is 470 g/mol. The van der Waals surface area contributed by atoms with Gasteiger partial charge < -0.3 is 15.4 Å². The maximum absolute atomic E-state index is 12.8. The maximum atomic E-state index is 12.8. The molecule has 170 valence electrons. The zero-order valence-electron chi connectivity index (χ0n) is 18.5. The van der Waals surface area contributed by atoms with Crippen LogP contribution in [-0.2, 0) is 0 Å². The van der Waals surface area contributed by atoms with Crippen molar-refractivity contribution in [1.82, 2.24) is 0 Å². The lowest BCUT2D eigenvalue weighted by molar-refractivity contribution is 0.101. The van der Waals surface area contributed by atoms with Gasteiger partial charge in [-0.15, -0.1) is 0 Å². The van der Waals surface area contributed by atoms with E-state index in [2.05, 4.69) is 10.6 Å². The Labute approximate surface area is 203 Å². The molecule has 0 aromatic heterocycles. The van der Waals surface area contributed by atoms with Crippen LogP contribution in [0.25, 0.3) is 11.1 Å². The zero-order chi connectivity index (χ0) is 23.9. The Bertz CT molecular complexity index is 1310. The lowest BCUT2D eigenvalue weighted by Gasteiger charge is -2.13. The van der Waals surface area contributed by atoms with Crippen LogP contribution >= 0.6 is 11.6 Å². The summed E-state index contributed by atoms with van der Waals surface area (Å²) in [7, 11) is 0. The average Bonchev–Trinajstić information content (AvgIpc) is 2.87. The molecule has 0 unspecified atom stereocenters. The number of para-hydroxylation sites is 2. The van der Waals surface area contributed by atoms with Crippen LogP contribution in [0.1, 0.15) is 27.6 Å². The van der Waals surface area contributed by atoms with Crippen molar-refractivity contribution in [3.05, 3.63) is 113 Å². The summed E-state index contributed by atoms with van der Waals surface area (Å²) < 4.78 is 5.56. The van der Waals surface area contributed by atoms with Gasteiger partial charge in [-0.05, 0) is 60.5 Å². The molecule has 0 heterocycles. The normalized spacial score (nSPS) is 10.4. The van der Waals surface area contributed by atoms with E-state index in [4.69, 9.17) is 16.3 Å². The van der Waals surface area contributed by atoms with Crippen molar-refractivity contribution in [1.29, 1.82) is 0 Å². The number of ether oxygens (including phenoxy) is 1. The molecule has 5 nitrogen and oxygen atoms in total. The van der Waals surface area contributed by atoms with Gasteiger partial charge in [-0.25, -0.2) is 0 Å². The molecule has 4 aromatic carbocycles. The molecule has 0 aliphatic rings. The second kappa shape index (κ2) is 10.7. The quantitative estimate of drug-likeness (QED) is 0.308. The Morgan fingerprint density at radius 2 is 1.29 bits per heavy atom. The number of nitrogens with one attached hydrogen (secondary N) is 2. The number of carbonyl (C=O) groups is 2. The minimum atomic E-state index is -0.341. The third-order valence-corrected chi connectivity index (χ3v) is 5.50. The van der Waals surface area contributed by atoms with Gasteiger partial charge >= 0.3 is 0 Å². The fourth-order valence-corrected chi connectivity index (χ4v) is 3.61. The summed E-state index contributed by atoms with van der Waals surface area (Å²) in [5, 5.41) is 5.98. The molecule has 2 N–H and O–H groups in total. The molecule has 0 atom stereocenters. The SMILES string of the molecule is CCOc1ccccc1NC(=O)c1ccc(Cl)c(NC(=O)c2ccc(-c3ccccc3)cc2)c1. The van der Waals surface area contributed by atoms with Crippen molar-refractivity contribution < 1.29 is 14.3 Å². The second-order valence-electron chi connectivity index (χ2n) is 7.48. The number of amides is 2. The Kier molecular flexibility index (Phi) is 7.25. The van der Waals surface area contributed by atoms with Crippen LogP contribution in [0.2, 0.25) is 5.02 Å². The molecule has 4 aromatic rings. The van der Waals surface area contributed by atoms with Crippen molar-refractivity contribution in [2.75, 3.05) is 17.2 Å². The summed E-state index contributed by atoms with van der Waals surface area (Å²) in [5.41, 5.74) is 3.84. The third-order valence-electron chi connectivity index (χ3n) is 5.17. The van der Waals surface area contributed by atoms with E-state index in [1.807, 2.05) is 61.5 Å². The van der Waals surface area contributed by atoms with Gasteiger partial charge in [0.2, 0.25) is 0 Å². The van der Waals surface area contributed by atoms with Gasteiger partial charge in [0.05, 0.1) is 23.0 Å². The smallest absolute Gasteiger partial charge is 0.255 e. The van der Waals surface area contributed by atoms with E-state index in [1.165, 1.54) is 0 Å². The minimum absolute atomic E-state index is 0.319. The summed E-state index contributed by atoms with van der Waals surface area (Å²) >= 11 is 6.30. The van der Waals surface area contributed by atoms with E-state index >= 15 is 0 Å². The van der Waals surface area contributed by atoms with Crippen LogP contribution in [-0.4, -0.2) is 18.4 Å². The highest BCUT2D eigenvalue weighted by Gasteiger charge is 2.14. The van der Waals surface area contributed by atoms with Gasteiger partial charge in [0.15, 0.2) is 0 Å². The number of hydrogen-bond acceptors (Lipinski definition) is 3. The first-order valence-electron chi connectivity index (χ1n) is 10.8. The molecular weight excluding hydrogens is 448 g/mol. The lowest BCUT2D eigenvalue weighted by Crippen LogP contribution is -2.15. The molecule has 34 heavy (non-hydrogen) atoms. The van der Waals surface area contributed by atoms with Gasteiger partial charge in [-0.2, -0.15) is 0 Å². The molecule has 0 saturated heterocycles. The Balaban J connectivity index is 1.49. The fraction of sp³-hybridized carbons (Fsp3) is 0.0714.